The minimum absolute atomic E-state index is 0.00608. The summed E-state index contributed by atoms with van der Waals surface area (Å²) in [6.07, 6.45) is 5.96. The van der Waals surface area contributed by atoms with Crippen LogP contribution in [0.1, 0.15) is 60.8 Å². The Labute approximate surface area is 228 Å². The van der Waals surface area contributed by atoms with E-state index in [2.05, 4.69) is 15.3 Å². The summed E-state index contributed by atoms with van der Waals surface area (Å²) in [6.45, 7) is 1.45. The minimum Gasteiger partial charge on any atom is -0.508 e. The van der Waals surface area contributed by atoms with E-state index < -0.39 is 12.0 Å². The summed E-state index contributed by atoms with van der Waals surface area (Å²) >= 11 is 0. The molecule has 0 radical (unpaired) electrons. The minimum atomic E-state index is -0.609. The van der Waals surface area contributed by atoms with Crippen molar-refractivity contribution in [2.75, 3.05) is 19.6 Å². The van der Waals surface area contributed by atoms with Crippen LogP contribution in [-0.2, 0) is 9.59 Å². The van der Waals surface area contributed by atoms with Gasteiger partial charge in [-0.15, -0.1) is 0 Å². The van der Waals surface area contributed by atoms with Crippen LogP contribution < -0.4 is 33.0 Å². The molecule has 10 N–H and O–H groups in total. The highest BCUT2D eigenvalue weighted by Crippen LogP contribution is 2.46. The zero-order valence-corrected chi connectivity index (χ0v) is 21.9. The number of aliphatic imine (C=N–C) groups is 2. The first-order valence-corrected chi connectivity index (χ1v) is 12.9. The molecule has 0 saturated heterocycles. The van der Waals surface area contributed by atoms with E-state index in [1.54, 1.807) is 36.4 Å². The van der Waals surface area contributed by atoms with Crippen LogP contribution in [-0.4, -0.2) is 48.4 Å². The third kappa shape index (κ3) is 9.06. The number of phenolic OH excluding ortho intramolecular Hbond substituents is 1. The molecule has 1 aliphatic heterocycles. The number of guanidine groups is 2. The highest BCUT2D eigenvalue weighted by molar-refractivity contribution is 5.93. The largest absolute Gasteiger partial charge is 0.508 e. The zero-order valence-electron chi connectivity index (χ0n) is 21.9. The number of nitrogens with zero attached hydrogens (tertiary/aromatic N) is 2. The predicted octanol–water partition coefficient (Wildman–Crippen LogP) is 1.81. The number of ether oxygens (including phenoxy) is 1. The lowest BCUT2D eigenvalue weighted by Crippen LogP contribution is -2.32. The summed E-state index contributed by atoms with van der Waals surface area (Å²) < 4.78 is 6.20. The smallest absolute Gasteiger partial charge is 0.231 e. The molecular weight excluding hydrogens is 498 g/mol. The second-order valence-electron chi connectivity index (χ2n) is 9.27. The molecular formula is C28H37N7O4. The molecule has 39 heavy (non-hydrogen) atoms. The number of carbonyl (C=O) groups is 2. The molecule has 1 aliphatic rings. The molecule has 0 unspecified atom stereocenters. The van der Waals surface area contributed by atoms with Crippen molar-refractivity contribution in [2.45, 2.75) is 44.1 Å². The van der Waals surface area contributed by atoms with Gasteiger partial charge < -0.3 is 38.1 Å². The fourth-order valence-electron chi connectivity index (χ4n) is 4.25. The van der Waals surface area contributed by atoms with Crippen molar-refractivity contribution in [3.8, 4) is 11.5 Å². The maximum Gasteiger partial charge on any atom is 0.231 e. The number of hydrogen-bond acceptors (Lipinski definition) is 6. The van der Waals surface area contributed by atoms with Gasteiger partial charge in [-0.05, 0) is 67.2 Å². The van der Waals surface area contributed by atoms with Crippen LogP contribution in [0.25, 0.3) is 6.08 Å². The van der Waals surface area contributed by atoms with E-state index in [-0.39, 0.29) is 29.4 Å². The molecule has 0 fully saturated rings. The monoisotopic (exact) mass is 535 g/mol. The van der Waals surface area contributed by atoms with Crippen molar-refractivity contribution in [3.05, 3.63) is 65.2 Å². The predicted molar refractivity (Wildman–Crippen MR) is 152 cm³/mol. The molecule has 11 heteroatoms. The number of allylic oxidation sites excluding steroid dienone is 1. The summed E-state index contributed by atoms with van der Waals surface area (Å²) in [5, 5.41) is 12.7. The first-order valence-electron chi connectivity index (χ1n) is 12.9. The topological polar surface area (TPSA) is 204 Å². The highest BCUT2D eigenvalue weighted by Gasteiger charge is 2.40. The average Bonchev–Trinajstić information content (AvgIpc) is 3.28. The van der Waals surface area contributed by atoms with Crippen LogP contribution in [0.4, 0.5) is 0 Å². The normalized spacial score (nSPS) is 15.8. The van der Waals surface area contributed by atoms with Crippen molar-refractivity contribution < 1.29 is 19.4 Å². The lowest BCUT2D eigenvalue weighted by molar-refractivity contribution is -0.124. The van der Waals surface area contributed by atoms with Gasteiger partial charge in [0.25, 0.3) is 0 Å². The van der Waals surface area contributed by atoms with E-state index in [9.17, 15) is 14.7 Å². The van der Waals surface area contributed by atoms with Crippen LogP contribution in [0.5, 0.6) is 11.5 Å². The van der Waals surface area contributed by atoms with Gasteiger partial charge in [-0.25, -0.2) is 0 Å². The maximum absolute atomic E-state index is 13.4. The summed E-state index contributed by atoms with van der Waals surface area (Å²) in [5.74, 6) is 0.0321. The SMILES string of the molecule is NC(N)=NCCCCNC(=O)[C@H]1c2cc(/C=C/C(=O)CCCCN=C(N)N)ccc2O[C@@H]1c1ccc(O)cc1. The standard InChI is InChI=1S/C28H37N7O4/c29-27(30)34-15-2-1-5-20(36)10-6-18-7-13-23-22(17-18)24(25(39-23)19-8-11-21(37)12-9-19)26(38)33-14-3-4-16-35-28(31)32/h6-13,17,24-25,37H,1-5,14-16H2,(H,33,38)(H4,29,30,34)(H4,31,32,35)/b10-6+/t24-,25+/m0/s1. The fourth-order valence-corrected chi connectivity index (χ4v) is 4.25. The Morgan fingerprint density at radius 1 is 0.923 bits per heavy atom. The Morgan fingerprint density at radius 2 is 1.59 bits per heavy atom. The van der Waals surface area contributed by atoms with Crippen LogP contribution >= 0.6 is 0 Å². The van der Waals surface area contributed by atoms with Crippen LogP contribution in [0.3, 0.4) is 0 Å². The number of phenols is 1. The lowest BCUT2D eigenvalue weighted by atomic mass is 9.89. The Hall–Kier alpha value is -4.54. The fraction of sp³-hybridized carbons (Fsp3) is 0.357. The van der Waals surface area contributed by atoms with E-state index in [1.807, 2.05) is 18.2 Å². The highest BCUT2D eigenvalue weighted by atomic mass is 16.5. The molecule has 0 saturated carbocycles. The average molecular weight is 536 g/mol. The molecule has 3 rings (SSSR count). The molecule has 2 atom stereocenters. The quantitative estimate of drug-likeness (QED) is 0.0908. The molecule has 2 aromatic rings. The van der Waals surface area contributed by atoms with Gasteiger partial charge in [0.05, 0.1) is 0 Å². The Bertz CT molecular complexity index is 1220. The van der Waals surface area contributed by atoms with Crippen molar-refractivity contribution >= 4 is 29.7 Å². The molecule has 208 valence electrons. The lowest BCUT2D eigenvalue weighted by Gasteiger charge is -2.19. The molecule has 0 aromatic heterocycles. The number of aromatic hydroxyl groups is 1. The summed E-state index contributed by atoms with van der Waals surface area (Å²) in [6, 6.07) is 12.2. The maximum atomic E-state index is 13.4. The number of rotatable bonds is 14. The number of ketones is 1. The second kappa shape index (κ2) is 14.4. The molecule has 0 bridgehead atoms. The number of carbonyl (C=O) groups excluding carboxylic acids is 2. The van der Waals surface area contributed by atoms with Gasteiger partial charge in [-0.2, -0.15) is 0 Å². The first-order chi connectivity index (χ1) is 18.7. The molecule has 2 aromatic carbocycles. The van der Waals surface area contributed by atoms with Gasteiger partial charge >= 0.3 is 0 Å². The van der Waals surface area contributed by atoms with E-state index in [0.717, 1.165) is 29.5 Å². The molecule has 1 heterocycles. The van der Waals surface area contributed by atoms with Gasteiger partial charge in [0.1, 0.15) is 23.5 Å². The Kier molecular flexibility index (Phi) is 10.7. The van der Waals surface area contributed by atoms with E-state index in [4.69, 9.17) is 27.7 Å². The van der Waals surface area contributed by atoms with Crippen molar-refractivity contribution in [2.24, 2.45) is 32.9 Å². The Balaban J connectivity index is 1.70. The number of benzene rings is 2. The number of unbranched alkanes of at least 4 members (excludes halogenated alkanes) is 2. The number of hydrogen-bond donors (Lipinski definition) is 6. The number of nitrogens with one attached hydrogen (secondary N) is 1. The molecule has 0 aliphatic carbocycles. The molecule has 1 amide bonds. The van der Waals surface area contributed by atoms with Gasteiger partial charge in [0, 0.05) is 31.6 Å². The summed E-state index contributed by atoms with van der Waals surface area (Å²) in [7, 11) is 0. The van der Waals surface area contributed by atoms with Crippen LogP contribution in [0.2, 0.25) is 0 Å². The van der Waals surface area contributed by atoms with Crippen molar-refractivity contribution in [3.63, 3.8) is 0 Å². The number of nitrogens with two attached hydrogens (primary N) is 4. The van der Waals surface area contributed by atoms with Crippen LogP contribution in [0, 0.1) is 0 Å². The first kappa shape index (κ1) is 29.0. The van der Waals surface area contributed by atoms with Gasteiger partial charge in [0.2, 0.25) is 5.91 Å². The van der Waals surface area contributed by atoms with E-state index in [1.165, 1.54) is 0 Å². The third-order valence-electron chi connectivity index (χ3n) is 6.20. The van der Waals surface area contributed by atoms with Gasteiger partial charge in [-0.3, -0.25) is 19.6 Å². The Morgan fingerprint density at radius 3 is 2.26 bits per heavy atom. The number of fused-ring (bicyclic) bond motifs is 1. The van der Waals surface area contributed by atoms with Crippen molar-refractivity contribution in [1.82, 2.24) is 5.32 Å². The van der Waals surface area contributed by atoms with Crippen molar-refractivity contribution in [1.29, 1.82) is 0 Å². The summed E-state index contributed by atoms with van der Waals surface area (Å²) in [4.78, 5) is 33.6. The second-order valence-corrected chi connectivity index (χ2v) is 9.27. The third-order valence-corrected chi connectivity index (χ3v) is 6.20. The number of amides is 1. The molecule has 0 spiro atoms. The zero-order chi connectivity index (χ0) is 28.2. The van der Waals surface area contributed by atoms with E-state index in [0.29, 0.717) is 44.6 Å². The van der Waals surface area contributed by atoms with Crippen LogP contribution in [0.15, 0.2) is 58.5 Å². The molecule has 11 nitrogen and oxygen atoms in total. The van der Waals surface area contributed by atoms with Gasteiger partial charge in [-0.1, -0.05) is 24.3 Å². The van der Waals surface area contributed by atoms with Gasteiger partial charge in [0.15, 0.2) is 17.7 Å². The summed E-state index contributed by atoms with van der Waals surface area (Å²) in [5.41, 5.74) is 23.6. The van der Waals surface area contributed by atoms with E-state index >= 15 is 0 Å².